The highest BCUT2D eigenvalue weighted by atomic mass is 35.5. The molecule has 0 aliphatic heterocycles. The lowest BCUT2D eigenvalue weighted by Crippen LogP contribution is -2.15. The fourth-order valence-corrected chi connectivity index (χ4v) is 2.59. The number of carbonyl (C=O) groups excluding carboxylic acids is 1. The van der Waals surface area contributed by atoms with E-state index in [0.717, 1.165) is 4.90 Å². The summed E-state index contributed by atoms with van der Waals surface area (Å²) in [7, 11) is 1.44. The molecule has 9 heteroatoms. The number of aromatic nitrogens is 3. The largest absolute Gasteiger partial charge is 0.466 e. The number of thioether (sulfide) groups is 1. The molecule has 0 fully saturated rings. The molecule has 1 amide bonds. The topological polar surface area (TPSA) is 79.9 Å². The summed E-state index contributed by atoms with van der Waals surface area (Å²) in [6, 6.07) is 5.24. The van der Waals surface area contributed by atoms with E-state index < -0.39 is 0 Å². The molecule has 2 aromatic rings. The summed E-state index contributed by atoms with van der Waals surface area (Å²) >= 11 is 13.2. The van der Waals surface area contributed by atoms with E-state index in [1.54, 1.807) is 18.2 Å². The zero-order valence-corrected chi connectivity index (χ0v) is 12.6. The maximum absolute atomic E-state index is 11.7. The van der Waals surface area contributed by atoms with Crippen molar-refractivity contribution in [2.45, 2.75) is 4.90 Å². The molecule has 6 nitrogen and oxygen atoms in total. The van der Waals surface area contributed by atoms with Gasteiger partial charge in [-0.05, 0) is 18.2 Å². The Labute approximate surface area is 129 Å². The fraction of sp³-hybridized carbons (Fsp3) is 0.182. The average Bonchev–Trinajstić information content (AvgIpc) is 2.87. The highest BCUT2D eigenvalue weighted by molar-refractivity contribution is 8.00. The minimum absolute atomic E-state index is 0.158. The number of hydrogen-bond donors (Lipinski definition) is 2. The van der Waals surface area contributed by atoms with Crippen LogP contribution in [0.3, 0.4) is 0 Å². The smallest absolute Gasteiger partial charge is 0.336 e. The highest BCUT2D eigenvalue weighted by Crippen LogP contribution is 2.29. The second-order valence-corrected chi connectivity index (χ2v) is 5.44. The van der Waals surface area contributed by atoms with E-state index in [0.29, 0.717) is 10.0 Å². The molecule has 0 radical (unpaired) electrons. The number of anilines is 1. The highest BCUT2D eigenvalue weighted by Gasteiger charge is 2.09. The van der Waals surface area contributed by atoms with E-state index in [1.165, 1.54) is 18.9 Å². The number of aromatic amines is 1. The van der Waals surface area contributed by atoms with Crippen LogP contribution >= 0.6 is 35.0 Å². The third-order valence-corrected chi connectivity index (χ3v) is 3.89. The van der Waals surface area contributed by atoms with Crippen molar-refractivity contribution in [1.82, 2.24) is 15.2 Å². The lowest BCUT2D eigenvalue weighted by Gasteiger charge is -2.04. The molecule has 0 unspecified atom stereocenters. The predicted octanol–water partition coefficient (Wildman–Crippen LogP) is 2.85. The Kier molecular flexibility index (Phi) is 5.11. The van der Waals surface area contributed by atoms with Crippen LogP contribution in [0.4, 0.5) is 5.95 Å². The molecule has 0 atom stereocenters. The van der Waals surface area contributed by atoms with Gasteiger partial charge in [-0.3, -0.25) is 10.1 Å². The quantitative estimate of drug-likeness (QED) is 0.823. The Morgan fingerprint density at radius 3 is 3.00 bits per heavy atom. The summed E-state index contributed by atoms with van der Waals surface area (Å²) in [5, 5.41) is 9.92. The third-order valence-electron chi connectivity index (χ3n) is 2.16. The summed E-state index contributed by atoms with van der Waals surface area (Å²) in [4.78, 5) is 16.4. The van der Waals surface area contributed by atoms with E-state index in [9.17, 15) is 4.79 Å². The zero-order chi connectivity index (χ0) is 14.5. The number of nitrogens with zero attached hydrogens (tertiary/aromatic N) is 2. The SMILES string of the molecule is COc1n[nH]c(NC(=O)CSc2cc(Cl)ccc2Cl)n1. The summed E-state index contributed by atoms with van der Waals surface area (Å²) in [5.41, 5.74) is 0. The molecular formula is C11H10Cl2N4O2S. The Balaban J connectivity index is 1.90. The first-order chi connectivity index (χ1) is 9.58. The number of benzene rings is 1. The van der Waals surface area contributed by atoms with Crippen molar-refractivity contribution in [3.05, 3.63) is 28.2 Å². The molecule has 0 bridgehead atoms. The van der Waals surface area contributed by atoms with Crippen molar-refractivity contribution in [1.29, 1.82) is 0 Å². The molecule has 2 N–H and O–H groups in total. The van der Waals surface area contributed by atoms with Crippen molar-refractivity contribution in [2.24, 2.45) is 0 Å². The van der Waals surface area contributed by atoms with Gasteiger partial charge in [-0.25, -0.2) is 5.10 Å². The Morgan fingerprint density at radius 1 is 1.50 bits per heavy atom. The predicted molar refractivity (Wildman–Crippen MR) is 78.8 cm³/mol. The average molecular weight is 333 g/mol. The standard InChI is InChI=1S/C11H10Cl2N4O2S/c1-19-11-15-10(16-17-11)14-9(18)5-20-8-4-6(12)2-3-7(8)13/h2-4H,5H2,1H3,(H2,14,15,16,17,18). The summed E-state index contributed by atoms with van der Waals surface area (Å²) in [6.07, 6.45) is 0. The van der Waals surface area contributed by atoms with E-state index in [2.05, 4.69) is 20.5 Å². The normalized spacial score (nSPS) is 10.3. The molecule has 0 aliphatic carbocycles. The number of methoxy groups -OCH3 is 1. The second-order valence-electron chi connectivity index (χ2n) is 3.58. The van der Waals surface area contributed by atoms with Crippen LogP contribution < -0.4 is 10.1 Å². The van der Waals surface area contributed by atoms with Gasteiger partial charge >= 0.3 is 6.01 Å². The van der Waals surface area contributed by atoms with Crippen molar-refractivity contribution in [2.75, 3.05) is 18.2 Å². The molecule has 1 heterocycles. The van der Waals surface area contributed by atoms with Crippen LogP contribution in [0.5, 0.6) is 6.01 Å². The van der Waals surface area contributed by atoms with Crippen LogP contribution in [0, 0.1) is 0 Å². The molecule has 106 valence electrons. The van der Waals surface area contributed by atoms with Crippen molar-refractivity contribution in [3.63, 3.8) is 0 Å². The minimum Gasteiger partial charge on any atom is -0.466 e. The van der Waals surface area contributed by atoms with Gasteiger partial charge in [0.05, 0.1) is 17.9 Å². The van der Waals surface area contributed by atoms with Crippen molar-refractivity contribution >= 4 is 46.8 Å². The monoisotopic (exact) mass is 332 g/mol. The van der Waals surface area contributed by atoms with Gasteiger partial charge in [-0.15, -0.1) is 16.9 Å². The number of amides is 1. The van der Waals surface area contributed by atoms with Crippen LogP contribution in [0.15, 0.2) is 23.1 Å². The molecule has 2 rings (SSSR count). The number of halogens is 2. The number of hydrogen-bond acceptors (Lipinski definition) is 5. The van der Waals surface area contributed by atoms with Crippen molar-refractivity contribution < 1.29 is 9.53 Å². The van der Waals surface area contributed by atoms with Crippen LogP contribution in [0.2, 0.25) is 10.0 Å². The third kappa shape index (κ3) is 4.03. The Bertz CT molecular complexity index is 620. The zero-order valence-electron chi connectivity index (χ0n) is 10.3. The van der Waals surface area contributed by atoms with Crippen LogP contribution in [-0.4, -0.2) is 34.0 Å². The van der Waals surface area contributed by atoms with Gasteiger partial charge in [0.2, 0.25) is 11.9 Å². The van der Waals surface area contributed by atoms with Gasteiger partial charge in [0, 0.05) is 9.92 Å². The number of nitrogens with one attached hydrogen (secondary N) is 2. The van der Waals surface area contributed by atoms with Gasteiger partial charge in [0.25, 0.3) is 0 Å². The van der Waals surface area contributed by atoms with Crippen molar-refractivity contribution in [3.8, 4) is 6.01 Å². The lowest BCUT2D eigenvalue weighted by atomic mass is 10.4. The molecule has 0 spiro atoms. The Morgan fingerprint density at radius 2 is 2.30 bits per heavy atom. The fourth-order valence-electron chi connectivity index (χ4n) is 1.29. The van der Waals surface area contributed by atoms with Gasteiger partial charge in [0.15, 0.2) is 0 Å². The summed E-state index contributed by atoms with van der Waals surface area (Å²) < 4.78 is 4.79. The number of H-pyrrole nitrogens is 1. The van der Waals surface area contributed by atoms with Crippen LogP contribution in [-0.2, 0) is 4.79 Å². The summed E-state index contributed by atoms with van der Waals surface area (Å²) in [6.45, 7) is 0. The van der Waals surface area contributed by atoms with Gasteiger partial charge in [0.1, 0.15) is 0 Å². The van der Waals surface area contributed by atoms with Crippen LogP contribution in [0.25, 0.3) is 0 Å². The maximum atomic E-state index is 11.7. The molecule has 0 saturated heterocycles. The van der Waals surface area contributed by atoms with E-state index in [4.69, 9.17) is 27.9 Å². The molecule has 0 saturated carbocycles. The maximum Gasteiger partial charge on any atom is 0.336 e. The first-order valence-electron chi connectivity index (χ1n) is 5.42. The molecule has 1 aromatic carbocycles. The van der Waals surface area contributed by atoms with Gasteiger partial charge in [-0.2, -0.15) is 4.98 Å². The number of carbonyl (C=O) groups is 1. The van der Waals surface area contributed by atoms with Crippen LogP contribution in [0.1, 0.15) is 0 Å². The van der Waals surface area contributed by atoms with E-state index >= 15 is 0 Å². The first kappa shape index (κ1) is 15.0. The lowest BCUT2D eigenvalue weighted by molar-refractivity contribution is -0.113. The molecule has 20 heavy (non-hydrogen) atoms. The summed E-state index contributed by atoms with van der Waals surface area (Å²) in [5.74, 6) is 0.151. The van der Waals surface area contributed by atoms with Gasteiger partial charge < -0.3 is 4.74 Å². The van der Waals surface area contributed by atoms with Gasteiger partial charge in [-0.1, -0.05) is 23.2 Å². The minimum atomic E-state index is -0.246. The molecular weight excluding hydrogens is 323 g/mol. The molecule has 0 aliphatic rings. The number of ether oxygens (including phenoxy) is 1. The first-order valence-corrected chi connectivity index (χ1v) is 7.16. The second kappa shape index (κ2) is 6.83. The molecule has 1 aromatic heterocycles. The Hall–Kier alpha value is -1.44. The van der Waals surface area contributed by atoms with E-state index in [-0.39, 0.29) is 23.6 Å². The number of rotatable bonds is 5. The van der Waals surface area contributed by atoms with E-state index in [1.807, 2.05) is 0 Å².